The highest BCUT2D eigenvalue weighted by atomic mass is 16.5. The molecule has 0 atom stereocenters. The number of carboxylic acid groups (broad SMARTS) is 1. The summed E-state index contributed by atoms with van der Waals surface area (Å²) in [7, 11) is 1.19. The summed E-state index contributed by atoms with van der Waals surface area (Å²) in [5.74, 6) is -1.14. The normalized spacial score (nSPS) is 8.45. The first kappa shape index (κ1) is 9.48. The summed E-state index contributed by atoms with van der Waals surface area (Å²) >= 11 is 0. The van der Waals surface area contributed by atoms with Crippen LogP contribution in [0.3, 0.4) is 0 Å². The molecule has 0 aliphatic heterocycles. The number of hydrogen-bond acceptors (Lipinski definition) is 3. The lowest BCUT2D eigenvalue weighted by Crippen LogP contribution is -2.27. The summed E-state index contributed by atoms with van der Waals surface area (Å²) in [6.45, 7) is 3.08. The largest absolute Gasteiger partial charge is 0.478 e. The Balaban J connectivity index is 3.63. The molecule has 0 aliphatic carbocycles. The second-order valence-electron chi connectivity index (χ2n) is 1.75. The van der Waals surface area contributed by atoms with Gasteiger partial charge in [-0.3, -0.25) is 0 Å². The number of carbonyl (C=O) groups is 2. The van der Waals surface area contributed by atoms with E-state index in [0.717, 1.165) is 0 Å². The number of nitrogens with one attached hydrogen (secondary N) is 1. The van der Waals surface area contributed by atoms with Gasteiger partial charge in [0.2, 0.25) is 0 Å². The fourth-order valence-corrected chi connectivity index (χ4v) is 0.327. The van der Waals surface area contributed by atoms with E-state index in [0.29, 0.717) is 0 Å². The van der Waals surface area contributed by atoms with Crippen LogP contribution in [0.25, 0.3) is 0 Å². The second kappa shape index (κ2) is 4.32. The van der Waals surface area contributed by atoms with Crippen LogP contribution in [0, 0.1) is 0 Å². The number of ether oxygens (including phenoxy) is 1. The fraction of sp³-hybridized carbons (Fsp3) is 0.333. The molecule has 0 aromatic heterocycles. The molecule has 5 heteroatoms. The highest BCUT2D eigenvalue weighted by molar-refractivity contribution is 5.87. The van der Waals surface area contributed by atoms with Gasteiger partial charge in [0.15, 0.2) is 0 Å². The van der Waals surface area contributed by atoms with Crippen molar-refractivity contribution in [2.45, 2.75) is 0 Å². The molecule has 0 heterocycles. The Hall–Kier alpha value is -1.52. The lowest BCUT2D eigenvalue weighted by molar-refractivity contribution is -0.132. The Kier molecular flexibility index (Phi) is 3.72. The van der Waals surface area contributed by atoms with Gasteiger partial charge in [0.25, 0.3) is 0 Å². The molecule has 0 rings (SSSR count). The molecule has 1 amide bonds. The Morgan fingerprint density at radius 2 is 2.18 bits per heavy atom. The summed E-state index contributed by atoms with van der Waals surface area (Å²) in [4.78, 5) is 20.5. The first-order valence-electron chi connectivity index (χ1n) is 2.80. The van der Waals surface area contributed by atoms with E-state index in [9.17, 15) is 9.59 Å². The van der Waals surface area contributed by atoms with Crippen LogP contribution in [-0.4, -0.2) is 30.8 Å². The predicted octanol–water partition coefficient (Wildman–Crippen LogP) is -0.0168. The van der Waals surface area contributed by atoms with Gasteiger partial charge in [0.1, 0.15) is 0 Å². The lowest BCUT2D eigenvalue weighted by Gasteiger charge is -2.01. The van der Waals surface area contributed by atoms with Crippen LogP contribution in [0.4, 0.5) is 4.79 Å². The Morgan fingerprint density at radius 1 is 1.64 bits per heavy atom. The third-order valence-corrected chi connectivity index (χ3v) is 0.934. The topological polar surface area (TPSA) is 75.6 Å². The number of carboxylic acids is 1. The number of carbonyl (C=O) groups excluding carboxylic acids is 1. The molecule has 0 unspecified atom stereocenters. The average molecular weight is 159 g/mol. The van der Waals surface area contributed by atoms with Crippen molar-refractivity contribution in [2.75, 3.05) is 13.7 Å². The first-order valence-corrected chi connectivity index (χ1v) is 2.80. The zero-order valence-electron chi connectivity index (χ0n) is 6.09. The highest BCUT2D eigenvalue weighted by Gasteiger charge is 2.05. The quantitative estimate of drug-likeness (QED) is 0.567. The maximum Gasteiger partial charge on any atom is 0.407 e. The molecule has 2 N–H and O–H groups in total. The van der Waals surface area contributed by atoms with E-state index in [1.54, 1.807) is 0 Å². The molecule has 0 spiro atoms. The van der Waals surface area contributed by atoms with Gasteiger partial charge < -0.3 is 15.2 Å². The van der Waals surface area contributed by atoms with E-state index in [-0.39, 0.29) is 12.1 Å². The van der Waals surface area contributed by atoms with E-state index in [2.05, 4.69) is 16.6 Å². The zero-order chi connectivity index (χ0) is 8.85. The molecule has 11 heavy (non-hydrogen) atoms. The van der Waals surface area contributed by atoms with Gasteiger partial charge in [-0.1, -0.05) is 6.58 Å². The van der Waals surface area contributed by atoms with E-state index in [1.165, 1.54) is 7.11 Å². The maximum atomic E-state index is 10.4. The van der Waals surface area contributed by atoms with Crippen molar-refractivity contribution in [3.8, 4) is 0 Å². The molecular formula is C6H9NO4. The number of methoxy groups -OCH3 is 1. The smallest absolute Gasteiger partial charge is 0.407 e. The molecule has 5 nitrogen and oxygen atoms in total. The van der Waals surface area contributed by atoms with Crippen LogP contribution >= 0.6 is 0 Å². The first-order chi connectivity index (χ1) is 5.07. The van der Waals surface area contributed by atoms with Crippen molar-refractivity contribution < 1.29 is 19.4 Å². The van der Waals surface area contributed by atoms with Gasteiger partial charge in [0, 0.05) is 5.57 Å². The molecule has 0 bridgehead atoms. The molecule has 0 saturated carbocycles. The Morgan fingerprint density at radius 3 is 2.55 bits per heavy atom. The summed E-state index contributed by atoms with van der Waals surface area (Å²) in [5, 5.41) is 10.4. The molecule has 0 aliphatic rings. The average Bonchev–Trinajstić information content (AvgIpc) is 1.99. The van der Waals surface area contributed by atoms with Gasteiger partial charge in [-0.2, -0.15) is 0 Å². The number of rotatable bonds is 3. The van der Waals surface area contributed by atoms with Gasteiger partial charge in [-0.15, -0.1) is 0 Å². The molecule has 0 aromatic carbocycles. The van der Waals surface area contributed by atoms with E-state index < -0.39 is 12.1 Å². The van der Waals surface area contributed by atoms with E-state index in [1.807, 2.05) is 0 Å². The Bertz CT molecular complexity index is 187. The van der Waals surface area contributed by atoms with Crippen LogP contribution < -0.4 is 5.32 Å². The van der Waals surface area contributed by atoms with Crippen molar-refractivity contribution in [3.63, 3.8) is 0 Å². The molecule has 0 aromatic rings. The SMILES string of the molecule is C=C(CNC(=O)OC)C(=O)O. The van der Waals surface area contributed by atoms with Crippen LogP contribution in [0.1, 0.15) is 0 Å². The van der Waals surface area contributed by atoms with E-state index >= 15 is 0 Å². The van der Waals surface area contributed by atoms with Crippen molar-refractivity contribution in [2.24, 2.45) is 0 Å². The molecule has 62 valence electrons. The van der Waals surface area contributed by atoms with Gasteiger partial charge in [-0.25, -0.2) is 9.59 Å². The predicted molar refractivity (Wildman–Crippen MR) is 37.2 cm³/mol. The minimum Gasteiger partial charge on any atom is -0.478 e. The Labute approximate surface area is 63.7 Å². The number of hydrogen-bond donors (Lipinski definition) is 2. The van der Waals surface area contributed by atoms with Crippen molar-refractivity contribution in [1.29, 1.82) is 0 Å². The van der Waals surface area contributed by atoms with Crippen LogP contribution in [0.15, 0.2) is 12.2 Å². The van der Waals surface area contributed by atoms with Crippen molar-refractivity contribution in [1.82, 2.24) is 5.32 Å². The highest BCUT2D eigenvalue weighted by Crippen LogP contribution is 1.86. The van der Waals surface area contributed by atoms with Crippen molar-refractivity contribution in [3.05, 3.63) is 12.2 Å². The molecule has 0 radical (unpaired) electrons. The summed E-state index contributed by atoms with van der Waals surface area (Å²) < 4.78 is 4.20. The summed E-state index contributed by atoms with van der Waals surface area (Å²) in [5.41, 5.74) is -0.0876. The van der Waals surface area contributed by atoms with Gasteiger partial charge >= 0.3 is 12.1 Å². The van der Waals surface area contributed by atoms with Crippen molar-refractivity contribution >= 4 is 12.1 Å². The minimum absolute atomic E-state index is 0.0876. The molecule has 0 fully saturated rings. The fourth-order valence-electron chi connectivity index (χ4n) is 0.327. The van der Waals surface area contributed by atoms with Crippen LogP contribution in [0.2, 0.25) is 0 Å². The van der Waals surface area contributed by atoms with Crippen LogP contribution in [-0.2, 0) is 9.53 Å². The van der Waals surface area contributed by atoms with E-state index in [4.69, 9.17) is 5.11 Å². The summed E-state index contributed by atoms with van der Waals surface area (Å²) in [6.07, 6.45) is -0.674. The number of amides is 1. The molecule has 0 saturated heterocycles. The summed E-state index contributed by atoms with van der Waals surface area (Å²) in [6, 6.07) is 0. The van der Waals surface area contributed by atoms with Gasteiger partial charge in [0.05, 0.1) is 13.7 Å². The monoisotopic (exact) mass is 159 g/mol. The minimum atomic E-state index is -1.14. The second-order valence-corrected chi connectivity index (χ2v) is 1.75. The third kappa shape index (κ3) is 3.96. The third-order valence-electron chi connectivity index (χ3n) is 0.934. The number of aliphatic carboxylic acids is 1. The number of alkyl carbamates (subject to hydrolysis) is 1. The molecular weight excluding hydrogens is 150 g/mol. The zero-order valence-corrected chi connectivity index (χ0v) is 6.09. The maximum absolute atomic E-state index is 10.4. The van der Waals surface area contributed by atoms with Crippen LogP contribution in [0.5, 0.6) is 0 Å². The van der Waals surface area contributed by atoms with Gasteiger partial charge in [-0.05, 0) is 0 Å². The lowest BCUT2D eigenvalue weighted by atomic mass is 10.3. The standard InChI is InChI=1S/C6H9NO4/c1-4(5(8)9)3-7-6(10)11-2/h1,3H2,2H3,(H,7,10)(H,8,9).